The van der Waals surface area contributed by atoms with Gasteiger partial charge in [0.2, 0.25) is 0 Å². The first kappa shape index (κ1) is 11.3. The van der Waals surface area contributed by atoms with Crippen LogP contribution in [0.5, 0.6) is 0 Å². The molecular formula is C9H5BF4N-. The predicted molar refractivity (Wildman–Crippen MR) is 49.2 cm³/mol. The van der Waals surface area contributed by atoms with E-state index in [1.807, 2.05) is 0 Å². The average molecular weight is 214 g/mol. The van der Waals surface area contributed by atoms with Crippen LogP contribution in [0.15, 0.2) is 24.2 Å². The minimum atomic E-state index is -5.02. The molecule has 1 nitrogen and oxygen atoms in total. The van der Waals surface area contributed by atoms with Crippen molar-refractivity contribution in [2.24, 2.45) is 0 Å². The molecule has 0 N–H and O–H groups in total. The maximum atomic E-state index is 12.9. The Morgan fingerprint density at radius 1 is 1.27 bits per heavy atom. The molecule has 0 aliphatic heterocycles. The number of hydrogen-bond acceptors (Lipinski definition) is 1. The smallest absolute Gasteiger partial charge is 0.445 e. The van der Waals surface area contributed by atoms with Gasteiger partial charge in [-0.25, -0.2) is 4.39 Å². The quantitative estimate of drug-likeness (QED) is 0.548. The molecule has 1 rings (SSSR count). The van der Waals surface area contributed by atoms with E-state index in [1.165, 1.54) is 6.07 Å². The van der Waals surface area contributed by atoms with Crippen molar-refractivity contribution < 1.29 is 17.3 Å². The minimum absolute atomic E-state index is 0.0703. The fourth-order valence-electron chi connectivity index (χ4n) is 0.946. The molecule has 0 heterocycles. The van der Waals surface area contributed by atoms with Gasteiger partial charge >= 0.3 is 6.98 Å². The van der Waals surface area contributed by atoms with Gasteiger partial charge in [0, 0.05) is 0 Å². The van der Waals surface area contributed by atoms with Gasteiger partial charge in [-0.05, 0) is 17.7 Å². The van der Waals surface area contributed by atoms with Crippen LogP contribution < -0.4 is 0 Å². The highest BCUT2D eigenvalue weighted by molar-refractivity contribution is 6.64. The Balaban J connectivity index is 2.96. The van der Waals surface area contributed by atoms with E-state index in [0.717, 1.165) is 18.2 Å². The third-order valence-electron chi connectivity index (χ3n) is 1.62. The van der Waals surface area contributed by atoms with Crippen molar-refractivity contribution in [3.8, 4) is 6.07 Å². The molecule has 0 aliphatic rings. The van der Waals surface area contributed by atoms with Gasteiger partial charge in [0.15, 0.2) is 0 Å². The van der Waals surface area contributed by atoms with Crippen molar-refractivity contribution in [1.29, 1.82) is 5.26 Å². The Kier molecular flexibility index (Phi) is 3.15. The van der Waals surface area contributed by atoms with Crippen LogP contribution in [-0.2, 0) is 0 Å². The monoisotopic (exact) mass is 214 g/mol. The largest absolute Gasteiger partial charge is 0.502 e. The number of rotatable bonds is 2. The van der Waals surface area contributed by atoms with Crippen molar-refractivity contribution in [3.05, 3.63) is 41.1 Å². The molecule has 0 amide bonds. The summed E-state index contributed by atoms with van der Waals surface area (Å²) in [4.78, 5) is 0. The molecule has 0 aromatic heterocycles. The van der Waals surface area contributed by atoms with Gasteiger partial charge in [0.05, 0.1) is 5.56 Å². The second kappa shape index (κ2) is 4.17. The van der Waals surface area contributed by atoms with E-state index in [4.69, 9.17) is 5.26 Å². The first-order chi connectivity index (χ1) is 6.92. The van der Waals surface area contributed by atoms with Crippen molar-refractivity contribution in [2.75, 3.05) is 0 Å². The van der Waals surface area contributed by atoms with Gasteiger partial charge < -0.3 is 12.9 Å². The van der Waals surface area contributed by atoms with Gasteiger partial charge in [-0.3, -0.25) is 0 Å². The molecule has 0 unspecified atom stereocenters. The summed E-state index contributed by atoms with van der Waals surface area (Å²) in [5, 5.41) is 8.38. The maximum absolute atomic E-state index is 12.9. The lowest BCUT2D eigenvalue weighted by Crippen LogP contribution is -2.09. The van der Waals surface area contributed by atoms with Gasteiger partial charge in [0.25, 0.3) is 0 Å². The molecule has 1 aromatic carbocycles. The molecule has 0 bridgehead atoms. The molecule has 0 spiro atoms. The second-order valence-electron chi connectivity index (χ2n) is 2.84. The van der Waals surface area contributed by atoms with Crippen LogP contribution >= 0.6 is 0 Å². The number of nitrogens with zero attached hydrogens (tertiary/aromatic N) is 1. The van der Waals surface area contributed by atoms with E-state index in [-0.39, 0.29) is 17.1 Å². The lowest BCUT2D eigenvalue weighted by Gasteiger charge is -2.06. The molecule has 78 valence electrons. The zero-order chi connectivity index (χ0) is 11.5. The Morgan fingerprint density at radius 3 is 2.40 bits per heavy atom. The molecular weight excluding hydrogens is 209 g/mol. The molecule has 0 saturated carbocycles. The van der Waals surface area contributed by atoms with Crippen LogP contribution in [0, 0.1) is 17.1 Å². The summed E-state index contributed by atoms with van der Waals surface area (Å²) < 4.78 is 48.4. The Bertz CT molecular complexity index is 431. The van der Waals surface area contributed by atoms with Gasteiger partial charge in [-0.1, -0.05) is 12.1 Å². The van der Waals surface area contributed by atoms with E-state index >= 15 is 0 Å². The van der Waals surface area contributed by atoms with Crippen molar-refractivity contribution >= 4 is 13.1 Å². The van der Waals surface area contributed by atoms with Crippen LogP contribution in [0.25, 0.3) is 6.08 Å². The highest BCUT2D eigenvalue weighted by Gasteiger charge is 2.17. The molecule has 0 fully saturated rings. The zero-order valence-electron chi connectivity index (χ0n) is 7.42. The van der Waals surface area contributed by atoms with Gasteiger partial charge in [-0.15, -0.1) is 5.98 Å². The van der Waals surface area contributed by atoms with E-state index in [2.05, 4.69) is 0 Å². The third kappa shape index (κ3) is 3.46. The summed E-state index contributed by atoms with van der Waals surface area (Å²) >= 11 is 0. The molecule has 15 heavy (non-hydrogen) atoms. The normalized spacial score (nSPS) is 11.7. The second-order valence-corrected chi connectivity index (χ2v) is 2.84. The average Bonchev–Trinajstić information content (AvgIpc) is 2.14. The first-order valence-corrected chi connectivity index (χ1v) is 4.01. The van der Waals surface area contributed by atoms with Crippen molar-refractivity contribution in [2.45, 2.75) is 0 Å². The molecule has 0 aliphatic carbocycles. The number of halogens is 4. The van der Waals surface area contributed by atoms with Gasteiger partial charge in [-0.2, -0.15) is 5.26 Å². The lowest BCUT2D eigenvalue weighted by atomic mass is 9.90. The predicted octanol–water partition coefficient (Wildman–Crippen LogP) is 3.10. The van der Waals surface area contributed by atoms with Gasteiger partial charge in [0.1, 0.15) is 11.9 Å². The maximum Gasteiger partial charge on any atom is 0.502 e. The van der Waals surface area contributed by atoms with E-state index in [9.17, 15) is 17.3 Å². The summed E-state index contributed by atoms with van der Waals surface area (Å²) in [5.74, 6) is -0.754. The number of hydrogen-bond donors (Lipinski definition) is 0. The number of benzene rings is 1. The van der Waals surface area contributed by atoms with Crippen LogP contribution in [0.2, 0.25) is 0 Å². The van der Waals surface area contributed by atoms with E-state index in [1.54, 1.807) is 6.07 Å². The van der Waals surface area contributed by atoms with E-state index in [0.29, 0.717) is 0 Å². The van der Waals surface area contributed by atoms with Crippen molar-refractivity contribution in [3.63, 3.8) is 0 Å². The molecule has 1 aromatic rings. The summed E-state index contributed by atoms with van der Waals surface area (Å²) in [6, 6.07) is 4.85. The standard InChI is InChI=1S/C9H5BF4N/c11-9-5-7(1-2-8(9)6-15)3-4-10(12,13)14/h1-5H/q-1/b4-3+. The molecule has 6 heteroatoms. The van der Waals surface area contributed by atoms with Crippen LogP contribution in [0.1, 0.15) is 11.1 Å². The lowest BCUT2D eigenvalue weighted by molar-refractivity contribution is 0.499. The molecule has 0 saturated heterocycles. The highest BCUT2D eigenvalue weighted by atomic mass is 19.4. The molecule has 0 atom stereocenters. The minimum Gasteiger partial charge on any atom is -0.445 e. The topological polar surface area (TPSA) is 23.8 Å². The third-order valence-corrected chi connectivity index (χ3v) is 1.62. The van der Waals surface area contributed by atoms with Crippen LogP contribution in [0.4, 0.5) is 17.3 Å². The SMILES string of the molecule is N#Cc1ccc(/C=C/[B-](F)(F)F)cc1F. The fourth-order valence-corrected chi connectivity index (χ4v) is 0.946. The van der Waals surface area contributed by atoms with E-state index < -0.39 is 12.8 Å². The van der Waals surface area contributed by atoms with Crippen LogP contribution in [0.3, 0.4) is 0 Å². The first-order valence-electron chi connectivity index (χ1n) is 4.01. The highest BCUT2D eigenvalue weighted by Crippen LogP contribution is 2.15. The summed E-state index contributed by atoms with van der Waals surface area (Å²) in [6.45, 7) is -5.02. The molecule has 0 radical (unpaired) electrons. The Labute approximate surface area is 83.7 Å². The summed E-state index contributed by atoms with van der Waals surface area (Å²) in [7, 11) is 0. The summed E-state index contributed by atoms with van der Waals surface area (Å²) in [5.41, 5.74) is -0.115. The number of nitriles is 1. The fraction of sp³-hybridized carbons (Fsp3) is 0. The summed E-state index contributed by atoms with van der Waals surface area (Å²) in [6.07, 6.45) is 0.768. The zero-order valence-corrected chi connectivity index (χ0v) is 7.42. The Morgan fingerprint density at radius 2 is 1.93 bits per heavy atom. The Hall–Kier alpha value is -1.77. The van der Waals surface area contributed by atoms with Crippen LogP contribution in [-0.4, -0.2) is 6.98 Å². The van der Waals surface area contributed by atoms with Crippen molar-refractivity contribution in [1.82, 2.24) is 0 Å².